The summed E-state index contributed by atoms with van der Waals surface area (Å²) in [5.41, 5.74) is 1.36. The fourth-order valence-corrected chi connectivity index (χ4v) is 5.89. The van der Waals surface area contributed by atoms with E-state index in [1.807, 2.05) is 0 Å². The van der Waals surface area contributed by atoms with Gasteiger partial charge < -0.3 is 10.1 Å². The fraction of sp³-hybridized carbons (Fsp3) is 0.333. The van der Waals surface area contributed by atoms with Crippen LogP contribution in [0.25, 0.3) is 0 Å². The summed E-state index contributed by atoms with van der Waals surface area (Å²) in [6.45, 7) is -0.511. The smallest absolute Gasteiger partial charge is 0.341 e. The van der Waals surface area contributed by atoms with E-state index >= 15 is 0 Å². The number of nitrogens with zero attached hydrogens (tertiary/aromatic N) is 1. The van der Waals surface area contributed by atoms with Crippen LogP contribution < -0.4 is 9.62 Å². The first-order valence-electron chi connectivity index (χ1n) is 8.57. The summed E-state index contributed by atoms with van der Waals surface area (Å²) < 4.78 is 30.3. The molecule has 1 heterocycles. The molecule has 1 aromatic carbocycles. The molecule has 156 valence electrons. The third-order valence-corrected chi connectivity index (χ3v) is 7.30. The molecule has 3 rings (SSSR count). The number of anilines is 2. The van der Waals surface area contributed by atoms with Crippen molar-refractivity contribution in [2.75, 3.05) is 29.5 Å². The molecule has 1 aliphatic carbocycles. The molecule has 11 heteroatoms. The van der Waals surface area contributed by atoms with Crippen molar-refractivity contribution >= 4 is 67.1 Å². The van der Waals surface area contributed by atoms with E-state index in [-0.39, 0.29) is 10.7 Å². The Kier molecular flexibility index (Phi) is 6.42. The molecule has 0 aliphatic heterocycles. The highest BCUT2D eigenvalue weighted by Crippen LogP contribution is 2.39. The number of sulfonamides is 1. The third kappa shape index (κ3) is 4.69. The van der Waals surface area contributed by atoms with E-state index in [1.165, 1.54) is 36.6 Å². The first-order valence-corrected chi connectivity index (χ1v) is 12.0. The number of carbonyl (C=O) groups excluding carboxylic acids is 2. The third-order valence-electron chi connectivity index (χ3n) is 4.43. The molecule has 0 spiro atoms. The Bertz CT molecular complexity index is 1080. The highest BCUT2D eigenvalue weighted by molar-refractivity contribution is 7.92. The fourth-order valence-electron chi connectivity index (χ4n) is 3.17. The lowest BCUT2D eigenvalue weighted by Gasteiger charge is -2.23. The number of esters is 1. The highest BCUT2D eigenvalue weighted by atomic mass is 35.5. The zero-order chi connectivity index (χ0) is 21.3. The molecule has 29 heavy (non-hydrogen) atoms. The number of carbonyl (C=O) groups is 2. The van der Waals surface area contributed by atoms with E-state index in [1.54, 1.807) is 0 Å². The van der Waals surface area contributed by atoms with Crippen molar-refractivity contribution in [1.82, 2.24) is 0 Å². The Labute approximate surface area is 182 Å². The Morgan fingerprint density at radius 1 is 1.28 bits per heavy atom. The molecule has 1 N–H and O–H groups in total. The van der Waals surface area contributed by atoms with Gasteiger partial charge in [-0.15, -0.1) is 11.3 Å². The minimum Gasteiger partial charge on any atom is -0.465 e. The predicted molar refractivity (Wildman–Crippen MR) is 115 cm³/mol. The molecule has 0 saturated heterocycles. The number of hydrogen-bond donors (Lipinski definition) is 1. The second kappa shape index (κ2) is 8.51. The minimum atomic E-state index is -3.81. The summed E-state index contributed by atoms with van der Waals surface area (Å²) >= 11 is 13.3. The number of nitrogens with one attached hydrogen (secondary N) is 1. The van der Waals surface area contributed by atoms with Crippen LogP contribution in [-0.4, -0.2) is 40.2 Å². The van der Waals surface area contributed by atoms with Gasteiger partial charge in [0.1, 0.15) is 11.5 Å². The number of methoxy groups -OCH3 is 1. The van der Waals surface area contributed by atoms with Gasteiger partial charge >= 0.3 is 5.97 Å². The molecule has 0 radical (unpaired) electrons. The maximum absolute atomic E-state index is 12.7. The van der Waals surface area contributed by atoms with E-state index in [4.69, 9.17) is 27.9 Å². The Morgan fingerprint density at radius 3 is 2.62 bits per heavy atom. The van der Waals surface area contributed by atoms with Gasteiger partial charge in [-0.3, -0.25) is 9.10 Å². The maximum Gasteiger partial charge on any atom is 0.341 e. The SMILES string of the molecule is COC(=O)c1c(NC(=O)CN(c2ccc(Cl)cc2Cl)S(C)(=O)=O)sc2c1CCC2. The molecule has 2 aromatic rings. The van der Waals surface area contributed by atoms with Crippen molar-refractivity contribution < 1.29 is 22.7 Å². The van der Waals surface area contributed by atoms with Crippen molar-refractivity contribution in [3.05, 3.63) is 44.2 Å². The van der Waals surface area contributed by atoms with Crippen molar-refractivity contribution in [1.29, 1.82) is 0 Å². The van der Waals surface area contributed by atoms with Gasteiger partial charge in [-0.25, -0.2) is 13.2 Å². The van der Waals surface area contributed by atoms with Gasteiger partial charge in [0.25, 0.3) is 0 Å². The van der Waals surface area contributed by atoms with Crippen molar-refractivity contribution in [3.63, 3.8) is 0 Å². The molecule has 0 atom stereocenters. The van der Waals surface area contributed by atoms with Gasteiger partial charge in [0.05, 0.1) is 29.6 Å². The average molecular weight is 477 g/mol. The molecule has 0 bridgehead atoms. The van der Waals surface area contributed by atoms with Crippen molar-refractivity contribution in [2.24, 2.45) is 0 Å². The number of amides is 1. The second-order valence-corrected chi connectivity index (χ2v) is 10.3. The second-order valence-electron chi connectivity index (χ2n) is 6.47. The van der Waals surface area contributed by atoms with Crippen molar-refractivity contribution in [2.45, 2.75) is 19.3 Å². The number of fused-ring (bicyclic) bond motifs is 1. The molecule has 0 saturated carbocycles. The van der Waals surface area contributed by atoms with Crippen LogP contribution >= 0.6 is 34.5 Å². The summed E-state index contributed by atoms with van der Waals surface area (Å²) in [7, 11) is -2.53. The Balaban J connectivity index is 1.88. The summed E-state index contributed by atoms with van der Waals surface area (Å²) in [5.74, 6) is -1.13. The molecule has 1 aliphatic rings. The monoisotopic (exact) mass is 476 g/mol. The first-order chi connectivity index (χ1) is 13.6. The molecular formula is C18H18Cl2N2O5S2. The van der Waals surface area contributed by atoms with Crippen LogP contribution in [0.5, 0.6) is 0 Å². The van der Waals surface area contributed by atoms with Gasteiger partial charge in [0, 0.05) is 9.90 Å². The maximum atomic E-state index is 12.7. The van der Waals surface area contributed by atoms with Gasteiger partial charge in [0.2, 0.25) is 15.9 Å². The zero-order valence-electron chi connectivity index (χ0n) is 15.6. The number of thiophene rings is 1. The molecular weight excluding hydrogens is 459 g/mol. The molecule has 7 nitrogen and oxygen atoms in total. The van der Waals surface area contributed by atoms with Gasteiger partial charge in [-0.1, -0.05) is 23.2 Å². The quantitative estimate of drug-likeness (QED) is 0.640. The van der Waals surface area contributed by atoms with Crippen LogP contribution in [-0.2, 0) is 32.4 Å². The summed E-state index contributed by atoms with van der Waals surface area (Å²) in [4.78, 5) is 25.9. The number of benzene rings is 1. The van der Waals surface area contributed by atoms with Crippen LogP contribution in [0.4, 0.5) is 10.7 Å². The van der Waals surface area contributed by atoms with E-state index in [2.05, 4.69) is 5.32 Å². The lowest BCUT2D eigenvalue weighted by Crippen LogP contribution is -2.37. The zero-order valence-corrected chi connectivity index (χ0v) is 18.8. The molecule has 0 fully saturated rings. The van der Waals surface area contributed by atoms with E-state index in [0.29, 0.717) is 15.6 Å². The summed E-state index contributed by atoms with van der Waals surface area (Å²) in [5, 5.41) is 3.46. The Morgan fingerprint density at radius 2 is 2.00 bits per heavy atom. The van der Waals surface area contributed by atoms with E-state index < -0.39 is 28.4 Å². The van der Waals surface area contributed by atoms with E-state index in [0.717, 1.165) is 40.3 Å². The summed E-state index contributed by atoms with van der Waals surface area (Å²) in [6, 6.07) is 4.31. The summed E-state index contributed by atoms with van der Waals surface area (Å²) in [6.07, 6.45) is 3.48. The number of rotatable bonds is 6. The Hall–Kier alpha value is -1.81. The van der Waals surface area contributed by atoms with Gasteiger partial charge in [-0.05, 0) is 43.0 Å². The molecule has 1 amide bonds. The van der Waals surface area contributed by atoms with Crippen LogP contribution in [0, 0.1) is 0 Å². The largest absolute Gasteiger partial charge is 0.465 e. The van der Waals surface area contributed by atoms with Crippen LogP contribution in [0.15, 0.2) is 18.2 Å². The van der Waals surface area contributed by atoms with Gasteiger partial charge in [0.15, 0.2) is 0 Å². The van der Waals surface area contributed by atoms with E-state index in [9.17, 15) is 18.0 Å². The lowest BCUT2D eigenvalue weighted by molar-refractivity contribution is -0.114. The predicted octanol–water partition coefficient (Wildman–Crippen LogP) is 3.73. The van der Waals surface area contributed by atoms with Crippen molar-refractivity contribution in [3.8, 4) is 0 Å². The number of hydrogen-bond acceptors (Lipinski definition) is 6. The standard InChI is InChI=1S/C18H18Cl2N2O5S2/c1-27-18(24)16-11-4-3-5-14(11)28-17(16)21-15(23)9-22(29(2,25)26)13-7-6-10(19)8-12(13)20/h6-8H,3-5,9H2,1-2H3,(H,21,23). The molecule has 0 unspecified atom stereocenters. The van der Waals surface area contributed by atoms with Crippen LogP contribution in [0.1, 0.15) is 27.2 Å². The molecule has 1 aromatic heterocycles. The number of halogens is 2. The minimum absolute atomic E-state index is 0.0982. The topological polar surface area (TPSA) is 92.8 Å². The first kappa shape index (κ1) is 21.9. The average Bonchev–Trinajstić information content (AvgIpc) is 3.19. The number of ether oxygens (including phenoxy) is 1. The lowest BCUT2D eigenvalue weighted by atomic mass is 10.1. The van der Waals surface area contributed by atoms with Crippen LogP contribution in [0.3, 0.4) is 0 Å². The highest BCUT2D eigenvalue weighted by Gasteiger charge is 2.29. The number of aryl methyl sites for hydroxylation is 1. The van der Waals surface area contributed by atoms with Gasteiger partial charge in [-0.2, -0.15) is 0 Å². The van der Waals surface area contributed by atoms with Crippen LogP contribution in [0.2, 0.25) is 10.0 Å². The normalized spacial score (nSPS) is 13.1.